The van der Waals surface area contributed by atoms with Gasteiger partial charge in [0.2, 0.25) is 0 Å². The molecule has 0 aromatic carbocycles. The molecule has 5 nitrogen and oxygen atoms in total. The van der Waals surface area contributed by atoms with Crippen LogP contribution >= 0.6 is 0 Å². The van der Waals surface area contributed by atoms with Crippen molar-refractivity contribution in [1.82, 2.24) is 15.2 Å². The molecule has 5 heteroatoms. The molecule has 0 unspecified atom stereocenters. The summed E-state index contributed by atoms with van der Waals surface area (Å²) in [6.45, 7) is 10.3. The van der Waals surface area contributed by atoms with Crippen molar-refractivity contribution in [2.45, 2.75) is 45.4 Å². The third-order valence-electron chi connectivity index (χ3n) is 5.17. The molecule has 2 N–H and O–H groups in total. The molecule has 2 fully saturated rings. The van der Waals surface area contributed by atoms with Crippen molar-refractivity contribution in [1.29, 1.82) is 0 Å². The summed E-state index contributed by atoms with van der Waals surface area (Å²) in [5, 5.41) is 6.40. The molecular weight excluding hydrogens is 288 g/mol. The van der Waals surface area contributed by atoms with Gasteiger partial charge in [0.25, 0.3) is 0 Å². The van der Waals surface area contributed by atoms with Gasteiger partial charge in [-0.15, -0.1) is 0 Å². The van der Waals surface area contributed by atoms with Crippen LogP contribution in [0.5, 0.6) is 0 Å². The smallest absolute Gasteiger partial charge is 0.321 e. The summed E-state index contributed by atoms with van der Waals surface area (Å²) in [5.74, 6) is 0. The second kappa shape index (κ2) is 6.11. The molecule has 1 spiro atoms. The maximum absolute atomic E-state index is 12.5. The molecule has 0 saturated carbocycles. The third-order valence-corrected chi connectivity index (χ3v) is 5.17. The first kappa shape index (κ1) is 16.2. The molecule has 2 aliphatic rings. The fourth-order valence-corrected chi connectivity index (χ4v) is 3.59. The van der Waals surface area contributed by atoms with Gasteiger partial charge in [-0.1, -0.05) is 20.8 Å². The van der Waals surface area contributed by atoms with Crippen LogP contribution in [-0.2, 0) is 5.41 Å². The van der Waals surface area contributed by atoms with Gasteiger partial charge in [0.1, 0.15) is 0 Å². The molecule has 3 heterocycles. The van der Waals surface area contributed by atoms with Gasteiger partial charge in [0, 0.05) is 24.2 Å². The van der Waals surface area contributed by atoms with Gasteiger partial charge in [-0.3, -0.25) is 4.98 Å². The molecule has 0 atom stereocenters. The lowest BCUT2D eigenvalue weighted by Crippen LogP contribution is -2.40. The highest BCUT2D eigenvalue weighted by atomic mass is 16.2. The van der Waals surface area contributed by atoms with Crippen LogP contribution in [0.3, 0.4) is 0 Å². The fourth-order valence-electron chi connectivity index (χ4n) is 3.59. The van der Waals surface area contributed by atoms with E-state index in [1.807, 2.05) is 17.0 Å². The number of hydrogen-bond donors (Lipinski definition) is 2. The number of carbonyl (C=O) groups excluding carboxylic acids is 1. The van der Waals surface area contributed by atoms with E-state index < -0.39 is 0 Å². The Morgan fingerprint density at radius 2 is 2.00 bits per heavy atom. The molecule has 126 valence electrons. The van der Waals surface area contributed by atoms with Gasteiger partial charge >= 0.3 is 6.03 Å². The summed E-state index contributed by atoms with van der Waals surface area (Å²) in [5.41, 5.74) is 2.18. The molecule has 2 amide bonds. The van der Waals surface area contributed by atoms with E-state index in [1.54, 1.807) is 6.20 Å². The van der Waals surface area contributed by atoms with Gasteiger partial charge in [-0.25, -0.2) is 4.79 Å². The zero-order valence-corrected chi connectivity index (χ0v) is 14.5. The number of urea groups is 1. The van der Waals surface area contributed by atoms with Crippen molar-refractivity contribution >= 4 is 11.7 Å². The van der Waals surface area contributed by atoms with Gasteiger partial charge < -0.3 is 15.5 Å². The van der Waals surface area contributed by atoms with E-state index in [0.29, 0.717) is 5.41 Å². The second-order valence-electron chi connectivity index (χ2n) is 8.03. The van der Waals surface area contributed by atoms with Crippen LogP contribution in [0.2, 0.25) is 0 Å². The highest BCUT2D eigenvalue weighted by molar-refractivity contribution is 5.89. The monoisotopic (exact) mass is 316 g/mol. The van der Waals surface area contributed by atoms with Crippen LogP contribution in [-0.4, -0.2) is 42.1 Å². The van der Waals surface area contributed by atoms with E-state index in [1.165, 1.54) is 12.8 Å². The zero-order chi connectivity index (χ0) is 16.5. The van der Waals surface area contributed by atoms with Crippen LogP contribution in [0.4, 0.5) is 10.5 Å². The third kappa shape index (κ3) is 3.66. The summed E-state index contributed by atoms with van der Waals surface area (Å²) in [4.78, 5) is 18.9. The number of pyridine rings is 1. The Hall–Kier alpha value is -1.62. The Morgan fingerprint density at radius 3 is 2.61 bits per heavy atom. The van der Waals surface area contributed by atoms with Gasteiger partial charge in [-0.2, -0.15) is 0 Å². The van der Waals surface area contributed by atoms with E-state index in [2.05, 4.69) is 36.4 Å². The number of piperidine rings is 1. The molecule has 23 heavy (non-hydrogen) atoms. The van der Waals surface area contributed by atoms with Gasteiger partial charge in [-0.05, 0) is 49.9 Å². The van der Waals surface area contributed by atoms with Gasteiger partial charge in [0.05, 0.1) is 11.9 Å². The summed E-state index contributed by atoms with van der Waals surface area (Å²) >= 11 is 0. The largest absolute Gasteiger partial charge is 0.324 e. The number of nitrogens with zero attached hydrogens (tertiary/aromatic N) is 2. The molecule has 0 aliphatic carbocycles. The summed E-state index contributed by atoms with van der Waals surface area (Å²) in [7, 11) is 0. The molecular formula is C18H28N4O. The first-order valence-corrected chi connectivity index (χ1v) is 8.61. The molecule has 3 rings (SSSR count). The first-order valence-electron chi connectivity index (χ1n) is 8.61. The standard InChI is InChI=1S/C18H28N4O/c1-17(2,3)15-5-4-14(12-20-15)21-16(23)22-11-8-18(13-22)6-9-19-10-7-18/h4-5,12,19H,6-11,13H2,1-3H3,(H,21,23). The zero-order valence-electron chi connectivity index (χ0n) is 14.5. The van der Waals surface area contributed by atoms with Crippen LogP contribution in [0, 0.1) is 5.41 Å². The Balaban J connectivity index is 1.59. The van der Waals surface area contributed by atoms with Crippen LogP contribution in [0.15, 0.2) is 18.3 Å². The number of aromatic nitrogens is 1. The molecule has 2 aliphatic heterocycles. The average molecular weight is 316 g/mol. The number of hydrogen-bond acceptors (Lipinski definition) is 3. The predicted molar refractivity (Wildman–Crippen MR) is 92.7 cm³/mol. The van der Waals surface area contributed by atoms with Crippen molar-refractivity contribution in [3.63, 3.8) is 0 Å². The molecule has 0 radical (unpaired) electrons. The Kier molecular flexibility index (Phi) is 4.32. The molecule has 1 aromatic rings. The number of likely N-dealkylation sites (tertiary alicyclic amines) is 1. The van der Waals surface area contributed by atoms with E-state index in [4.69, 9.17) is 0 Å². The van der Waals surface area contributed by atoms with E-state index in [9.17, 15) is 4.79 Å². The molecule has 1 aromatic heterocycles. The molecule has 0 bridgehead atoms. The van der Waals surface area contributed by atoms with Crippen molar-refractivity contribution in [2.24, 2.45) is 5.41 Å². The van der Waals surface area contributed by atoms with Crippen molar-refractivity contribution in [3.05, 3.63) is 24.0 Å². The Bertz CT molecular complexity index is 555. The lowest BCUT2D eigenvalue weighted by atomic mass is 9.78. The lowest BCUT2D eigenvalue weighted by molar-refractivity contribution is 0.191. The minimum absolute atomic E-state index is 0.00529. The van der Waals surface area contributed by atoms with E-state index in [0.717, 1.165) is 44.0 Å². The maximum Gasteiger partial charge on any atom is 0.321 e. The lowest BCUT2D eigenvalue weighted by Gasteiger charge is -2.33. The van der Waals surface area contributed by atoms with Crippen molar-refractivity contribution < 1.29 is 4.79 Å². The number of nitrogens with one attached hydrogen (secondary N) is 2. The topological polar surface area (TPSA) is 57.3 Å². The Morgan fingerprint density at radius 1 is 1.26 bits per heavy atom. The second-order valence-corrected chi connectivity index (χ2v) is 8.03. The van der Waals surface area contributed by atoms with Crippen LogP contribution in [0.1, 0.15) is 45.7 Å². The SMILES string of the molecule is CC(C)(C)c1ccc(NC(=O)N2CCC3(CCNCC3)C2)cn1. The minimum Gasteiger partial charge on any atom is -0.324 e. The summed E-state index contributed by atoms with van der Waals surface area (Å²) in [6, 6.07) is 3.95. The number of carbonyl (C=O) groups is 1. The van der Waals surface area contributed by atoms with Crippen LogP contribution in [0.25, 0.3) is 0 Å². The summed E-state index contributed by atoms with van der Waals surface area (Å²) in [6.07, 6.45) is 5.25. The average Bonchev–Trinajstić information content (AvgIpc) is 2.91. The Labute approximate surface area is 138 Å². The predicted octanol–water partition coefficient (Wildman–Crippen LogP) is 2.99. The first-order chi connectivity index (χ1) is 10.9. The maximum atomic E-state index is 12.5. The van der Waals surface area contributed by atoms with E-state index in [-0.39, 0.29) is 11.4 Å². The highest BCUT2D eigenvalue weighted by Gasteiger charge is 2.40. The van der Waals surface area contributed by atoms with Crippen LogP contribution < -0.4 is 10.6 Å². The van der Waals surface area contributed by atoms with Crippen molar-refractivity contribution in [2.75, 3.05) is 31.5 Å². The van der Waals surface area contributed by atoms with Crippen molar-refractivity contribution in [3.8, 4) is 0 Å². The highest BCUT2D eigenvalue weighted by Crippen LogP contribution is 2.38. The molecule has 2 saturated heterocycles. The number of amides is 2. The number of anilines is 1. The quantitative estimate of drug-likeness (QED) is 0.837. The van der Waals surface area contributed by atoms with Gasteiger partial charge in [0.15, 0.2) is 0 Å². The fraction of sp³-hybridized carbons (Fsp3) is 0.667. The minimum atomic E-state index is 0.00529. The van der Waals surface area contributed by atoms with E-state index >= 15 is 0 Å². The normalized spacial score (nSPS) is 20.7. The number of rotatable bonds is 1. The summed E-state index contributed by atoms with van der Waals surface area (Å²) < 4.78 is 0.